The molecule has 1 unspecified atom stereocenters. The van der Waals surface area contributed by atoms with Gasteiger partial charge in [0.1, 0.15) is 6.04 Å². The Hall–Kier alpha value is -0.610. The molecule has 0 saturated carbocycles. The first-order valence-corrected chi connectivity index (χ1v) is 4.11. The predicted molar refractivity (Wildman–Crippen MR) is 44.1 cm³/mol. The minimum atomic E-state index is -0.813. The van der Waals surface area contributed by atoms with Crippen molar-refractivity contribution < 1.29 is 16.0 Å². The van der Waals surface area contributed by atoms with Crippen LogP contribution in [0.5, 0.6) is 0 Å². The van der Waals surface area contributed by atoms with Crippen LogP contribution in [0.15, 0.2) is 0 Å². The maximum Gasteiger partial charge on any atom is 0.320 e. The van der Waals surface area contributed by atoms with Gasteiger partial charge < -0.3 is 15.2 Å². The minimum absolute atomic E-state index is 0.00708. The molecule has 4 heteroatoms. The fourth-order valence-electron chi connectivity index (χ4n) is 1.27. The van der Waals surface area contributed by atoms with E-state index in [4.69, 9.17) is 11.2 Å². The van der Waals surface area contributed by atoms with Crippen molar-refractivity contribution >= 4 is 5.97 Å². The maximum atomic E-state index is 10.5. The van der Waals surface area contributed by atoms with E-state index in [1.165, 1.54) is 0 Å². The van der Waals surface area contributed by atoms with E-state index >= 15 is 0 Å². The second-order valence-corrected chi connectivity index (χ2v) is 2.88. The lowest BCUT2D eigenvalue weighted by atomic mass is 10.2. The van der Waals surface area contributed by atoms with Gasteiger partial charge in [-0.2, -0.15) is 0 Å². The predicted octanol–water partition coefficient (Wildman–Crippen LogP) is 0.228. The highest BCUT2D eigenvalue weighted by atomic mass is 16.5. The smallest absolute Gasteiger partial charge is 0.320 e. The van der Waals surface area contributed by atoms with Crippen molar-refractivity contribution in [1.82, 2.24) is 5.32 Å². The lowest BCUT2D eigenvalue weighted by Crippen LogP contribution is -2.29. The van der Waals surface area contributed by atoms with Crippen molar-refractivity contribution in [2.24, 2.45) is 0 Å². The summed E-state index contributed by atoms with van der Waals surface area (Å²) in [5.41, 5.74) is 0. The molecule has 1 rings (SSSR count). The number of aliphatic carboxylic acids is 1. The van der Waals surface area contributed by atoms with Gasteiger partial charge in [-0.1, -0.05) is 6.90 Å². The van der Waals surface area contributed by atoms with Crippen LogP contribution in [0.1, 0.15) is 21.1 Å². The van der Waals surface area contributed by atoms with Gasteiger partial charge in [0.05, 0.1) is 6.10 Å². The first-order chi connectivity index (χ1) is 6.24. The fourth-order valence-corrected chi connectivity index (χ4v) is 1.27. The molecular formula is C8H15NO3. The largest absolute Gasteiger partial charge is 0.480 e. The van der Waals surface area contributed by atoms with Gasteiger partial charge in [-0.15, -0.1) is 0 Å². The third-order valence-corrected chi connectivity index (χ3v) is 1.89. The first kappa shape index (κ1) is 8.01. The highest BCUT2D eigenvalue weighted by molar-refractivity contribution is 5.73. The molecular weight excluding hydrogens is 158 g/mol. The molecule has 1 aliphatic heterocycles. The molecule has 0 radical (unpaired) electrons. The normalized spacial score (nSPS) is 30.2. The number of nitrogens with one attached hydrogen (secondary N) is 1. The van der Waals surface area contributed by atoms with E-state index in [-0.39, 0.29) is 6.10 Å². The molecule has 0 bridgehead atoms. The summed E-state index contributed by atoms with van der Waals surface area (Å²) in [6.07, 6.45) is 1.26. The SMILES string of the molecule is [2H]CCCOC1CN[C@H](C(=O)O)C1. The number of carbonyl (C=O) groups is 1. The molecule has 0 aromatic rings. The van der Waals surface area contributed by atoms with Crippen molar-refractivity contribution in [3.8, 4) is 0 Å². The standard InChI is InChI=1S/C8H15NO3/c1-2-3-12-6-4-7(8(10)11)9-5-6/h6-7,9H,2-5H2,1H3,(H,10,11)/t6?,7-/m0/s1/i1D. The molecule has 2 atom stereocenters. The third-order valence-electron chi connectivity index (χ3n) is 1.89. The summed E-state index contributed by atoms with van der Waals surface area (Å²) in [6, 6.07) is -0.457. The van der Waals surface area contributed by atoms with Crippen LogP contribution in [-0.2, 0) is 9.53 Å². The van der Waals surface area contributed by atoms with E-state index in [9.17, 15) is 4.79 Å². The summed E-state index contributed by atoms with van der Waals surface area (Å²) in [6.45, 7) is 1.53. The number of hydrogen-bond donors (Lipinski definition) is 2. The highest BCUT2D eigenvalue weighted by Crippen LogP contribution is 2.10. The molecule has 0 aromatic carbocycles. The van der Waals surface area contributed by atoms with Crippen LogP contribution in [0.2, 0.25) is 0 Å². The van der Waals surface area contributed by atoms with Gasteiger partial charge in [0, 0.05) is 20.9 Å². The van der Waals surface area contributed by atoms with Crippen LogP contribution in [-0.4, -0.2) is 36.4 Å². The van der Waals surface area contributed by atoms with Gasteiger partial charge in [0.2, 0.25) is 0 Å². The van der Waals surface area contributed by atoms with Crippen molar-refractivity contribution in [2.45, 2.75) is 31.9 Å². The number of hydrogen-bond acceptors (Lipinski definition) is 3. The summed E-state index contributed by atoms with van der Waals surface area (Å²) in [5.74, 6) is -0.813. The Morgan fingerprint density at radius 2 is 2.75 bits per heavy atom. The van der Waals surface area contributed by atoms with Crippen LogP contribution in [0.4, 0.5) is 0 Å². The molecule has 0 spiro atoms. The topological polar surface area (TPSA) is 58.6 Å². The lowest BCUT2D eigenvalue weighted by molar-refractivity contribution is -0.139. The zero-order valence-corrected chi connectivity index (χ0v) is 6.95. The Bertz CT molecular complexity index is 177. The Morgan fingerprint density at radius 1 is 1.92 bits per heavy atom. The van der Waals surface area contributed by atoms with Crippen LogP contribution >= 0.6 is 0 Å². The Kier molecular flexibility index (Phi) is 2.95. The van der Waals surface area contributed by atoms with Crippen LogP contribution in [0, 0.1) is 0 Å². The second kappa shape index (κ2) is 4.42. The second-order valence-electron chi connectivity index (χ2n) is 2.88. The average molecular weight is 174 g/mol. The Labute approximate surface area is 73.3 Å². The zero-order chi connectivity index (χ0) is 9.68. The van der Waals surface area contributed by atoms with Gasteiger partial charge in [-0.05, 0) is 6.42 Å². The molecule has 0 aromatic heterocycles. The molecule has 2 N–H and O–H groups in total. The van der Waals surface area contributed by atoms with Gasteiger partial charge in [-0.3, -0.25) is 4.79 Å². The van der Waals surface area contributed by atoms with Crippen LogP contribution in [0.25, 0.3) is 0 Å². The number of carboxylic acids is 1. The summed E-state index contributed by atoms with van der Waals surface area (Å²) < 4.78 is 12.3. The molecule has 1 heterocycles. The van der Waals surface area contributed by atoms with E-state index in [1.54, 1.807) is 0 Å². The first-order valence-electron chi connectivity index (χ1n) is 4.81. The van der Waals surface area contributed by atoms with E-state index in [2.05, 4.69) is 5.32 Å². The maximum absolute atomic E-state index is 10.5. The van der Waals surface area contributed by atoms with Crippen molar-refractivity contribution in [3.05, 3.63) is 0 Å². The molecule has 1 aliphatic rings. The summed E-state index contributed by atoms with van der Waals surface area (Å²) in [4.78, 5) is 10.5. The molecule has 1 fully saturated rings. The van der Waals surface area contributed by atoms with E-state index in [0.29, 0.717) is 32.9 Å². The third kappa shape index (κ3) is 2.46. The average Bonchev–Trinajstić information content (AvgIpc) is 2.53. The molecule has 4 nitrogen and oxygen atoms in total. The number of carboxylic acid groups (broad SMARTS) is 1. The Morgan fingerprint density at radius 3 is 3.33 bits per heavy atom. The van der Waals surface area contributed by atoms with Gasteiger partial charge in [-0.25, -0.2) is 0 Å². The Balaban J connectivity index is 2.14. The fraction of sp³-hybridized carbons (Fsp3) is 0.875. The van der Waals surface area contributed by atoms with Gasteiger partial charge >= 0.3 is 5.97 Å². The molecule has 0 amide bonds. The monoisotopic (exact) mass is 174 g/mol. The molecule has 12 heavy (non-hydrogen) atoms. The minimum Gasteiger partial charge on any atom is -0.480 e. The van der Waals surface area contributed by atoms with Crippen molar-refractivity contribution in [2.75, 3.05) is 13.2 Å². The van der Waals surface area contributed by atoms with Gasteiger partial charge in [0.25, 0.3) is 0 Å². The number of rotatable bonds is 4. The summed E-state index contributed by atoms with van der Waals surface area (Å²) in [5, 5.41) is 11.5. The van der Waals surface area contributed by atoms with Crippen molar-refractivity contribution in [1.29, 1.82) is 0 Å². The van der Waals surface area contributed by atoms with Crippen LogP contribution in [0.3, 0.4) is 0 Å². The summed E-state index contributed by atoms with van der Waals surface area (Å²) >= 11 is 0. The molecule has 1 saturated heterocycles. The van der Waals surface area contributed by atoms with Gasteiger partial charge in [0.15, 0.2) is 0 Å². The molecule has 70 valence electrons. The quantitative estimate of drug-likeness (QED) is 0.599. The van der Waals surface area contributed by atoms with E-state index < -0.39 is 12.0 Å². The highest BCUT2D eigenvalue weighted by Gasteiger charge is 2.29. The molecule has 0 aliphatic carbocycles. The lowest BCUT2D eigenvalue weighted by Gasteiger charge is -2.08. The number of ether oxygens (including phenoxy) is 1. The van der Waals surface area contributed by atoms with E-state index in [1.807, 2.05) is 0 Å². The zero-order valence-electron chi connectivity index (χ0n) is 7.95. The summed E-state index contributed by atoms with van der Waals surface area (Å²) in [7, 11) is 0. The van der Waals surface area contributed by atoms with Crippen molar-refractivity contribution in [3.63, 3.8) is 0 Å². The van der Waals surface area contributed by atoms with Crippen LogP contribution < -0.4 is 5.32 Å². The van der Waals surface area contributed by atoms with E-state index in [0.717, 1.165) is 0 Å².